The summed E-state index contributed by atoms with van der Waals surface area (Å²) in [6, 6.07) is 10.7. The highest BCUT2D eigenvalue weighted by Crippen LogP contribution is 2.72. The molecule has 3 aliphatic rings. The van der Waals surface area contributed by atoms with Gasteiger partial charge in [0.2, 0.25) is 0 Å². The molecule has 5 atom stereocenters. The molecule has 1 heterocycles. The molecule has 0 aromatic heterocycles. The van der Waals surface area contributed by atoms with Crippen molar-refractivity contribution in [2.75, 3.05) is 0 Å². The number of rotatable bonds is 1. The molecule has 3 fully saturated rings. The predicted molar refractivity (Wildman–Crippen MR) is 87.3 cm³/mol. The van der Waals surface area contributed by atoms with Gasteiger partial charge in [0.1, 0.15) is 0 Å². The Hall–Kier alpha value is -0.860. The summed E-state index contributed by atoms with van der Waals surface area (Å²) in [6.07, 6.45) is 3.04. The Balaban J connectivity index is 1.81. The molecule has 2 saturated carbocycles. The van der Waals surface area contributed by atoms with Crippen molar-refractivity contribution >= 4 is 0 Å². The van der Waals surface area contributed by atoms with E-state index >= 15 is 0 Å². The first kappa shape index (κ1) is 14.7. The highest BCUT2D eigenvalue weighted by Gasteiger charge is 2.70. The first-order valence-electron chi connectivity index (χ1n) is 8.67. The van der Waals surface area contributed by atoms with Crippen molar-refractivity contribution in [3.05, 3.63) is 35.9 Å². The summed E-state index contributed by atoms with van der Waals surface area (Å²) in [4.78, 5) is 0. The Morgan fingerprint density at radius 3 is 2.32 bits per heavy atom. The van der Waals surface area contributed by atoms with Gasteiger partial charge in [-0.3, -0.25) is 0 Å². The highest BCUT2D eigenvalue weighted by atomic mass is 16.7. The number of fused-ring (bicyclic) bond motifs is 5. The van der Waals surface area contributed by atoms with E-state index in [4.69, 9.17) is 9.47 Å². The van der Waals surface area contributed by atoms with Gasteiger partial charge in [0.05, 0.1) is 12.2 Å². The van der Waals surface area contributed by atoms with E-state index in [0.29, 0.717) is 23.4 Å². The highest BCUT2D eigenvalue weighted by molar-refractivity contribution is 5.25. The van der Waals surface area contributed by atoms with Crippen molar-refractivity contribution in [1.29, 1.82) is 0 Å². The summed E-state index contributed by atoms with van der Waals surface area (Å²) in [5.41, 5.74) is 1.89. The fourth-order valence-corrected chi connectivity index (χ4v) is 5.61. The van der Waals surface area contributed by atoms with E-state index < -0.39 is 5.79 Å². The number of hydrogen-bond acceptors (Lipinski definition) is 2. The molecule has 0 spiro atoms. The van der Waals surface area contributed by atoms with Crippen LogP contribution >= 0.6 is 0 Å². The minimum atomic E-state index is -0.509. The lowest BCUT2D eigenvalue weighted by Gasteiger charge is -2.50. The summed E-state index contributed by atoms with van der Waals surface area (Å²) in [5, 5.41) is 0. The van der Waals surface area contributed by atoms with Crippen molar-refractivity contribution in [2.24, 2.45) is 22.7 Å². The van der Waals surface area contributed by atoms with Crippen LogP contribution in [0.5, 0.6) is 0 Å². The van der Waals surface area contributed by atoms with Crippen LogP contribution < -0.4 is 0 Å². The molecule has 2 aliphatic carbocycles. The van der Waals surface area contributed by atoms with Gasteiger partial charge in [-0.2, -0.15) is 0 Å². The maximum atomic E-state index is 6.50. The maximum Gasteiger partial charge on any atom is 0.164 e. The van der Waals surface area contributed by atoms with Crippen LogP contribution in [0.2, 0.25) is 0 Å². The molecule has 0 radical (unpaired) electrons. The van der Waals surface area contributed by atoms with Gasteiger partial charge in [-0.05, 0) is 49.0 Å². The van der Waals surface area contributed by atoms with Crippen LogP contribution in [0.3, 0.4) is 0 Å². The largest absolute Gasteiger partial charge is 0.346 e. The summed E-state index contributed by atoms with van der Waals surface area (Å²) < 4.78 is 12.9. The molecule has 0 unspecified atom stereocenters. The fourth-order valence-electron chi connectivity index (χ4n) is 5.61. The molecule has 2 heteroatoms. The summed E-state index contributed by atoms with van der Waals surface area (Å²) >= 11 is 0. The lowest BCUT2D eigenvalue weighted by molar-refractivity contribution is -0.339. The third kappa shape index (κ3) is 1.74. The second kappa shape index (κ2) is 4.36. The lowest BCUT2D eigenvalue weighted by atomic mass is 9.69. The molecule has 2 nitrogen and oxygen atoms in total. The Labute approximate surface area is 134 Å². The van der Waals surface area contributed by atoms with E-state index in [-0.39, 0.29) is 11.5 Å². The standard InChI is InChI=1S/C20H28O2/c1-18(2)14-11-12-20(18,5)17-15(14)16(21-19(3,4)22-17)13-9-7-6-8-10-13/h6-10,14-17H,11-12H2,1-5H3/t14-,15+,16+,17-,20+/m1/s1. The first-order valence-corrected chi connectivity index (χ1v) is 8.67. The zero-order chi connectivity index (χ0) is 15.8. The second-order valence-electron chi connectivity index (χ2n) is 8.75. The zero-order valence-electron chi connectivity index (χ0n) is 14.4. The van der Waals surface area contributed by atoms with Gasteiger partial charge in [0.25, 0.3) is 0 Å². The Kier molecular flexibility index (Phi) is 2.92. The van der Waals surface area contributed by atoms with E-state index in [2.05, 4.69) is 65.0 Å². The molecule has 1 saturated heterocycles. The van der Waals surface area contributed by atoms with Gasteiger partial charge >= 0.3 is 0 Å². The van der Waals surface area contributed by atoms with Crippen LogP contribution in [0.25, 0.3) is 0 Å². The molecule has 120 valence electrons. The van der Waals surface area contributed by atoms with Crippen LogP contribution in [0.1, 0.15) is 59.1 Å². The molecule has 1 aromatic carbocycles. The van der Waals surface area contributed by atoms with E-state index in [0.717, 1.165) is 0 Å². The van der Waals surface area contributed by atoms with Crippen molar-refractivity contribution in [1.82, 2.24) is 0 Å². The Morgan fingerprint density at radius 2 is 1.64 bits per heavy atom. The van der Waals surface area contributed by atoms with Crippen molar-refractivity contribution in [3.63, 3.8) is 0 Å². The summed E-state index contributed by atoms with van der Waals surface area (Å²) in [7, 11) is 0. The monoisotopic (exact) mass is 300 g/mol. The Bertz CT molecular complexity index is 577. The van der Waals surface area contributed by atoms with Gasteiger partial charge < -0.3 is 9.47 Å². The number of hydrogen-bond donors (Lipinski definition) is 0. The minimum absolute atomic E-state index is 0.154. The molecular weight excluding hydrogens is 272 g/mol. The molecule has 1 aromatic rings. The summed E-state index contributed by atoms with van der Waals surface area (Å²) in [5.74, 6) is 0.651. The molecule has 0 amide bonds. The average Bonchev–Trinajstić information content (AvgIpc) is 2.78. The maximum absolute atomic E-state index is 6.50. The van der Waals surface area contributed by atoms with Crippen LogP contribution in [-0.2, 0) is 9.47 Å². The van der Waals surface area contributed by atoms with Crippen LogP contribution in [-0.4, -0.2) is 11.9 Å². The van der Waals surface area contributed by atoms with E-state index in [1.807, 2.05) is 0 Å². The van der Waals surface area contributed by atoms with E-state index in [9.17, 15) is 0 Å². The van der Waals surface area contributed by atoms with Crippen molar-refractivity contribution in [3.8, 4) is 0 Å². The SMILES string of the molecule is CC1(C)O[C@@H]2[C@@H]([C@H]3CC[C@]2(C)C3(C)C)[C@H](c2ccccc2)O1. The van der Waals surface area contributed by atoms with E-state index in [1.165, 1.54) is 18.4 Å². The normalized spacial score (nSPS) is 44.8. The third-order valence-electron chi connectivity index (χ3n) is 7.12. The molecule has 2 bridgehead atoms. The van der Waals surface area contributed by atoms with Gasteiger partial charge in [-0.15, -0.1) is 0 Å². The minimum Gasteiger partial charge on any atom is -0.346 e. The van der Waals surface area contributed by atoms with Crippen molar-refractivity contribution in [2.45, 2.75) is 65.5 Å². The average molecular weight is 300 g/mol. The second-order valence-corrected chi connectivity index (χ2v) is 8.75. The quantitative estimate of drug-likeness (QED) is 0.730. The zero-order valence-corrected chi connectivity index (χ0v) is 14.4. The van der Waals surface area contributed by atoms with E-state index in [1.54, 1.807) is 0 Å². The topological polar surface area (TPSA) is 18.5 Å². The third-order valence-corrected chi connectivity index (χ3v) is 7.12. The summed E-state index contributed by atoms with van der Waals surface area (Å²) in [6.45, 7) is 11.5. The Morgan fingerprint density at radius 1 is 0.955 bits per heavy atom. The molecule has 22 heavy (non-hydrogen) atoms. The first-order chi connectivity index (χ1) is 10.3. The van der Waals surface area contributed by atoms with Crippen LogP contribution in [0.4, 0.5) is 0 Å². The molecule has 1 aliphatic heterocycles. The van der Waals surface area contributed by atoms with Gasteiger partial charge in [-0.25, -0.2) is 0 Å². The van der Waals surface area contributed by atoms with Crippen LogP contribution in [0.15, 0.2) is 30.3 Å². The smallest absolute Gasteiger partial charge is 0.164 e. The molecule has 4 rings (SSSR count). The van der Waals surface area contributed by atoms with Gasteiger partial charge in [0, 0.05) is 5.92 Å². The predicted octanol–water partition coefficient (Wildman–Crippen LogP) is 4.95. The van der Waals surface area contributed by atoms with Crippen LogP contribution in [0, 0.1) is 22.7 Å². The molecular formula is C20H28O2. The van der Waals surface area contributed by atoms with Gasteiger partial charge in [-0.1, -0.05) is 51.1 Å². The lowest BCUT2D eigenvalue weighted by Crippen LogP contribution is -2.52. The van der Waals surface area contributed by atoms with Crippen molar-refractivity contribution < 1.29 is 9.47 Å². The number of ether oxygens (including phenoxy) is 2. The molecule has 0 N–H and O–H groups in total. The number of benzene rings is 1. The van der Waals surface area contributed by atoms with Gasteiger partial charge in [0.15, 0.2) is 5.79 Å². The fraction of sp³-hybridized carbons (Fsp3) is 0.700.